The highest BCUT2D eigenvalue weighted by atomic mass is 32.2. The van der Waals surface area contributed by atoms with Gasteiger partial charge in [0.15, 0.2) is 0 Å². The number of hydrogen-bond acceptors (Lipinski definition) is 2. The van der Waals surface area contributed by atoms with Gasteiger partial charge in [0.2, 0.25) is 0 Å². The van der Waals surface area contributed by atoms with Gasteiger partial charge in [0.1, 0.15) is 0 Å². The minimum absolute atomic E-state index is 0.466. The Labute approximate surface area is 51.6 Å². The fourth-order valence-corrected chi connectivity index (χ4v) is 0.767. The molecular weight excluding hydrogens is 132 g/mol. The zero-order valence-electron chi connectivity index (χ0n) is 4.44. The summed E-state index contributed by atoms with van der Waals surface area (Å²) in [6.45, 7) is 0.500. The van der Waals surface area contributed by atoms with E-state index in [9.17, 15) is 8.78 Å². The van der Waals surface area contributed by atoms with E-state index in [4.69, 9.17) is 5.73 Å². The van der Waals surface area contributed by atoms with Gasteiger partial charge in [-0.05, 0) is 18.7 Å². The van der Waals surface area contributed by atoms with Crippen molar-refractivity contribution in [3.63, 3.8) is 0 Å². The van der Waals surface area contributed by atoms with E-state index in [0.717, 1.165) is 0 Å². The number of alkyl halides is 2. The van der Waals surface area contributed by atoms with Crippen molar-refractivity contribution < 1.29 is 8.78 Å². The Morgan fingerprint density at radius 2 is 2.12 bits per heavy atom. The Morgan fingerprint density at radius 3 is 2.50 bits per heavy atom. The maximum atomic E-state index is 11.3. The number of thioether (sulfide) groups is 1. The maximum absolute atomic E-state index is 11.3. The predicted octanol–water partition coefficient (Wildman–Crippen LogP) is 1.29. The van der Waals surface area contributed by atoms with Crippen LogP contribution in [-0.4, -0.2) is 18.1 Å². The summed E-state index contributed by atoms with van der Waals surface area (Å²) in [6, 6.07) is 0. The first-order valence-corrected chi connectivity index (χ1v) is 3.42. The molecule has 0 aliphatic rings. The van der Waals surface area contributed by atoms with E-state index in [2.05, 4.69) is 0 Å². The molecule has 0 saturated heterocycles. The molecular formula is C4H9F2NS. The highest BCUT2D eigenvalue weighted by molar-refractivity contribution is 7.99. The Kier molecular flexibility index (Phi) is 5.42. The smallest absolute Gasteiger partial charge is 0.284 e. The van der Waals surface area contributed by atoms with Crippen LogP contribution in [0.5, 0.6) is 0 Å². The van der Waals surface area contributed by atoms with Gasteiger partial charge in [0.25, 0.3) is 5.76 Å². The lowest BCUT2D eigenvalue weighted by molar-refractivity contribution is 0.252. The van der Waals surface area contributed by atoms with Crippen LogP contribution >= 0.6 is 11.8 Å². The van der Waals surface area contributed by atoms with E-state index in [1.807, 2.05) is 0 Å². The Morgan fingerprint density at radius 1 is 1.50 bits per heavy atom. The van der Waals surface area contributed by atoms with E-state index < -0.39 is 5.76 Å². The summed E-state index contributed by atoms with van der Waals surface area (Å²) in [7, 11) is 0. The summed E-state index contributed by atoms with van der Waals surface area (Å²) in [6.07, 6.45) is 0.676. The molecule has 0 rings (SSSR count). The molecule has 0 unspecified atom stereocenters. The minimum Gasteiger partial charge on any atom is -0.330 e. The largest absolute Gasteiger partial charge is 0.330 e. The van der Waals surface area contributed by atoms with E-state index in [0.29, 0.717) is 30.5 Å². The average Bonchev–Trinajstić information content (AvgIpc) is 1.66. The fourth-order valence-electron chi connectivity index (χ4n) is 0.256. The molecule has 0 atom stereocenters. The Bertz CT molecular complexity index is 51.3. The van der Waals surface area contributed by atoms with Crippen molar-refractivity contribution >= 4 is 11.8 Å². The summed E-state index contributed by atoms with van der Waals surface area (Å²) in [4.78, 5) is 0. The lowest BCUT2D eigenvalue weighted by Crippen LogP contribution is -2.00. The van der Waals surface area contributed by atoms with Crippen LogP contribution in [0.15, 0.2) is 0 Å². The van der Waals surface area contributed by atoms with Crippen LogP contribution in [0, 0.1) is 0 Å². The van der Waals surface area contributed by atoms with Crippen LogP contribution in [0.2, 0.25) is 0 Å². The Hall–Kier alpha value is 0.170. The van der Waals surface area contributed by atoms with Gasteiger partial charge in [0, 0.05) is 0 Å². The molecule has 0 saturated carbocycles. The predicted molar refractivity (Wildman–Crippen MR) is 32.1 cm³/mol. The third kappa shape index (κ3) is 6.17. The molecule has 8 heavy (non-hydrogen) atoms. The third-order valence-corrected chi connectivity index (χ3v) is 1.37. The number of halogens is 2. The van der Waals surface area contributed by atoms with Gasteiger partial charge in [-0.25, -0.2) is 0 Å². The summed E-state index contributed by atoms with van der Waals surface area (Å²) < 4.78 is 22.6. The third-order valence-electron chi connectivity index (χ3n) is 0.592. The van der Waals surface area contributed by atoms with Crippen molar-refractivity contribution in [1.29, 1.82) is 0 Å². The molecule has 0 aromatic carbocycles. The Balaban J connectivity index is 2.72. The summed E-state index contributed by atoms with van der Waals surface area (Å²) in [5.41, 5.74) is 5.06. The molecule has 0 aliphatic carbocycles. The lowest BCUT2D eigenvalue weighted by atomic mass is 10.5. The van der Waals surface area contributed by atoms with Crippen molar-refractivity contribution in [2.75, 3.05) is 12.3 Å². The standard InChI is InChI=1S/C4H9F2NS/c5-4(6)8-3-1-2-7/h4H,1-3,7H2. The van der Waals surface area contributed by atoms with Crippen molar-refractivity contribution in [2.24, 2.45) is 5.73 Å². The van der Waals surface area contributed by atoms with Crippen molar-refractivity contribution in [3.8, 4) is 0 Å². The summed E-state index contributed by atoms with van der Waals surface area (Å²) in [5, 5.41) is 0. The molecule has 2 N–H and O–H groups in total. The SMILES string of the molecule is NCCCSC(F)F. The number of rotatable bonds is 4. The van der Waals surface area contributed by atoms with Gasteiger partial charge in [-0.15, -0.1) is 0 Å². The van der Waals surface area contributed by atoms with Crippen LogP contribution in [0.4, 0.5) is 8.78 Å². The zero-order chi connectivity index (χ0) is 6.41. The first-order chi connectivity index (χ1) is 3.77. The van der Waals surface area contributed by atoms with Crippen LogP contribution in [0.1, 0.15) is 6.42 Å². The molecule has 4 heteroatoms. The molecule has 0 amide bonds. The van der Waals surface area contributed by atoms with Gasteiger partial charge in [-0.3, -0.25) is 0 Å². The van der Waals surface area contributed by atoms with Gasteiger partial charge in [0.05, 0.1) is 0 Å². The van der Waals surface area contributed by atoms with Crippen LogP contribution in [0.3, 0.4) is 0 Å². The highest BCUT2D eigenvalue weighted by Gasteiger charge is 1.99. The molecule has 0 bridgehead atoms. The normalized spacial score (nSPS) is 10.5. The number of nitrogens with two attached hydrogens (primary N) is 1. The van der Waals surface area contributed by atoms with E-state index in [1.54, 1.807) is 0 Å². The summed E-state index contributed by atoms with van der Waals surface area (Å²) in [5.74, 6) is -1.77. The molecule has 0 aromatic rings. The second kappa shape index (κ2) is 5.31. The van der Waals surface area contributed by atoms with E-state index in [1.165, 1.54) is 0 Å². The molecule has 0 heterocycles. The highest BCUT2D eigenvalue weighted by Crippen LogP contribution is 2.13. The first kappa shape index (κ1) is 8.17. The quantitative estimate of drug-likeness (QED) is 0.597. The van der Waals surface area contributed by atoms with Crippen molar-refractivity contribution in [2.45, 2.75) is 12.2 Å². The van der Waals surface area contributed by atoms with E-state index in [-0.39, 0.29) is 0 Å². The monoisotopic (exact) mass is 141 g/mol. The second-order valence-electron chi connectivity index (χ2n) is 1.27. The number of hydrogen-bond donors (Lipinski definition) is 1. The van der Waals surface area contributed by atoms with Crippen LogP contribution in [-0.2, 0) is 0 Å². The second-order valence-corrected chi connectivity index (χ2v) is 2.37. The molecule has 0 radical (unpaired) electrons. The average molecular weight is 141 g/mol. The van der Waals surface area contributed by atoms with Gasteiger partial charge < -0.3 is 5.73 Å². The van der Waals surface area contributed by atoms with Gasteiger partial charge in [-0.1, -0.05) is 11.8 Å². The maximum Gasteiger partial charge on any atom is 0.284 e. The topological polar surface area (TPSA) is 26.0 Å². The van der Waals surface area contributed by atoms with E-state index >= 15 is 0 Å². The zero-order valence-corrected chi connectivity index (χ0v) is 5.26. The molecule has 1 nitrogen and oxygen atoms in total. The molecule has 0 fully saturated rings. The minimum atomic E-state index is -2.23. The van der Waals surface area contributed by atoms with Gasteiger partial charge >= 0.3 is 0 Å². The van der Waals surface area contributed by atoms with Crippen LogP contribution < -0.4 is 5.73 Å². The lowest BCUT2D eigenvalue weighted by Gasteiger charge is -1.94. The molecule has 50 valence electrons. The van der Waals surface area contributed by atoms with Gasteiger partial charge in [-0.2, -0.15) is 8.78 Å². The van der Waals surface area contributed by atoms with Crippen molar-refractivity contribution in [3.05, 3.63) is 0 Å². The van der Waals surface area contributed by atoms with Crippen LogP contribution in [0.25, 0.3) is 0 Å². The fraction of sp³-hybridized carbons (Fsp3) is 1.00. The first-order valence-electron chi connectivity index (χ1n) is 2.37. The molecule has 0 aromatic heterocycles. The molecule has 0 aliphatic heterocycles. The molecule has 0 spiro atoms. The van der Waals surface area contributed by atoms with Crippen molar-refractivity contribution in [1.82, 2.24) is 0 Å². The summed E-state index contributed by atoms with van der Waals surface area (Å²) >= 11 is 0.642.